The molecule has 2 aromatic carbocycles. The van der Waals surface area contributed by atoms with Gasteiger partial charge in [-0.05, 0) is 29.8 Å². The number of methoxy groups -OCH3 is 1. The van der Waals surface area contributed by atoms with E-state index in [2.05, 4.69) is 4.99 Å². The monoisotopic (exact) mass is 310 g/mol. The van der Waals surface area contributed by atoms with Crippen molar-refractivity contribution in [2.75, 3.05) is 7.11 Å². The Morgan fingerprint density at radius 1 is 1.30 bits per heavy atom. The highest BCUT2D eigenvalue weighted by Crippen LogP contribution is 2.35. The standard InChI is InChI=1S/C16H14N4O3/c1-23-11-4-2-3-9(7-11)13-10(8-17)5-6-12(21)14(13)15(22)20-16(18)19/h2-7,21H,1H3,(H4,18,19,20,22). The number of phenols is 1. The third-order valence-corrected chi connectivity index (χ3v) is 3.11. The average molecular weight is 310 g/mol. The number of amides is 1. The number of nitrogens with zero attached hydrogens (tertiary/aromatic N) is 2. The molecule has 0 unspecified atom stereocenters. The quantitative estimate of drug-likeness (QED) is 0.578. The number of aromatic hydroxyl groups is 1. The van der Waals surface area contributed by atoms with Gasteiger partial charge in [0.05, 0.1) is 24.3 Å². The van der Waals surface area contributed by atoms with Crippen LogP contribution in [0.15, 0.2) is 41.4 Å². The van der Waals surface area contributed by atoms with Crippen molar-refractivity contribution in [2.45, 2.75) is 0 Å². The van der Waals surface area contributed by atoms with Gasteiger partial charge >= 0.3 is 0 Å². The number of nitrogens with two attached hydrogens (primary N) is 2. The number of aliphatic imine (C=N–C) groups is 1. The molecule has 0 atom stereocenters. The maximum absolute atomic E-state index is 12.2. The van der Waals surface area contributed by atoms with Crippen molar-refractivity contribution in [1.29, 1.82) is 5.26 Å². The Balaban J connectivity index is 2.79. The average Bonchev–Trinajstić information content (AvgIpc) is 2.53. The number of hydrogen-bond donors (Lipinski definition) is 3. The summed E-state index contributed by atoms with van der Waals surface area (Å²) < 4.78 is 5.15. The molecule has 116 valence electrons. The summed E-state index contributed by atoms with van der Waals surface area (Å²) in [6.45, 7) is 0. The van der Waals surface area contributed by atoms with Crippen LogP contribution in [0, 0.1) is 11.3 Å². The fourth-order valence-electron chi connectivity index (χ4n) is 2.15. The molecule has 0 aliphatic carbocycles. The van der Waals surface area contributed by atoms with E-state index < -0.39 is 11.9 Å². The Kier molecular flexibility index (Phi) is 4.47. The van der Waals surface area contributed by atoms with E-state index >= 15 is 0 Å². The first-order valence-electron chi connectivity index (χ1n) is 6.52. The van der Waals surface area contributed by atoms with Gasteiger partial charge in [-0.15, -0.1) is 0 Å². The van der Waals surface area contributed by atoms with Crippen molar-refractivity contribution in [3.8, 4) is 28.7 Å². The minimum Gasteiger partial charge on any atom is -0.507 e. The SMILES string of the molecule is COc1cccc(-c2c(C#N)ccc(O)c2C(=O)N=C(N)N)c1. The summed E-state index contributed by atoms with van der Waals surface area (Å²) in [5, 5.41) is 19.4. The molecule has 0 heterocycles. The molecule has 0 bridgehead atoms. The van der Waals surface area contributed by atoms with Crippen molar-refractivity contribution in [1.82, 2.24) is 0 Å². The van der Waals surface area contributed by atoms with Crippen LogP contribution in [0.4, 0.5) is 0 Å². The Labute approximate surface area is 132 Å². The topological polar surface area (TPSA) is 135 Å². The van der Waals surface area contributed by atoms with Crippen molar-refractivity contribution < 1.29 is 14.6 Å². The zero-order valence-electron chi connectivity index (χ0n) is 12.3. The van der Waals surface area contributed by atoms with Crippen LogP contribution in [0.2, 0.25) is 0 Å². The van der Waals surface area contributed by atoms with E-state index in [0.29, 0.717) is 11.3 Å². The first kappa shape index (κ1) is 15.9. The highest BCUT2D eigenvalue weighted by Gasteiger charge is 2.21. The predicted molar refractivity (Wildman–Crippen MR) is 85.0 cm³/mol. The first-order valence-corrected chi connectivity index (χ1v) is 6.52. The van der Waals surface area contributed by atoms with Gasteiger partial charge < -0.3 is 21.3 Å². The lowest BCUT2D eigenvalue weighted by Gasteiger charge is -2.12. The van der Waals surface area contributed by atoms with Crippen LogP contribution in [0.5, 0.6) is 11.5 Å². The molecule has 7 heteroatoms. The largest absolute Gasteiger partial charge is 0.507 e. The van der Waals surface area contributed by atoms with Gasteiger partial charge in [-0.2, -0.15) is 10.3 Å². The molecule has 1 amide bonds. The van der Waals surface area contributed by atoms with Gasteiger partial charge in [-0.3, -0.25) is 4.79 Å². The van der Waals surface area contributed by atoms with E-state index in [1.807, 2.05) is 6.07 Å². The highest BCUT2D eigenvalue weighted by molar-refractivity contribution is 6.09. The van der Waals surface area contributed by atoms with Crippen LogP contribution in [0.1, 0.15) is 15.9 Å². The lowest BCUT2D eigenvalue weighted by molar-refractivity contribution is 0.100. The Morgan fingerprint density at radius 2 is 2.04 bits per heavy atom. The van der Waals surface area contributed by atoms with Gasteiger partial charge in [0.25, 0.3) is 5.91 Å². The maximum atomic E-state index is 12.2. The van der Waals surface area contributed by atoms with E-state index in [0.717, 1.165) is 0 Å². The molecule has 0 aromatic heterocycles. The zero-order chi connectivity index (χ0) is 17.0. The maximum Gasteiger partial charge on any atom is 0.284 e. The van der Waals surface area contributed by atoms with Crippen molar-refractivity contribution in [2.24, 2.45) is 16.5 Å². The summed E-state index contributed by atoms with van der Waals surface area (Å²) in [7, 11) is 1.50. The van der Waals surface area contributed by atoms with E-state index in [4.69, 9.17) is 16.2 Å². The summed E-state index contributed by atoms with van der Waals surface area (Å²) in [4.78, 5) is 15.7. The van der Waals surface area contributed by atoms with Gasteiger partial charge in [-0.25, -0.2) is 0 Å². The lowest BCUT2D eigenvalue weighted by Crippen LogP contribution is -2.24. The number of nitriles is 1. The molecule has 0 radical (unpaired) electrons. The van der Waals surface area contributed by atoms with Crippen LogP contribution in [-0.2, 0) is 0 Å². The van der Waals surface area contributed by atoms with Crippen LogP contribution >= 0.6 is 0 Å². The van der Waals surface area contributed by atoms with Gasteiger partial charge in [0.1, 0.15) is 11.5 Å². The third kappa shape index (κ3) is 3.22. The molecule has 2 rings (SSSR count). The summed E-state index contributed by atoms with van der Waals surface area (Å²) >= 11 is 0. The molecule has 0 fully saturated rings. The molecule has 23 heavy (non-hydrogen) atoms. The second-order valence-electron chi connectivity index (χ2n) is 4.57. The number of carbonyl (C=O) groups excluding carboxylic acids is 1. The number of rotatable bonds is 3. The molecule has 0 saturated carbocycles. The van der Waals surface area contributed by atoms with Gasteiger partial charge in [-0.1, -0.05) is 12.1 Å². The van der Waals surface area contributed by atoms with E-state index in [-0.39, 0.29) is 22.4 Å². The number of ether oxygens (including phenoxy) is 1. The fraction of sp³-hybridized carbons (Fsp3) is 0.0625. The van der Waals surface area contributed by atoms with Gasteiger partial charge in [0, 0.05) is 5.56 Å². The molecule has 0 aliphatic heterocycles. The van der Waals surface area contributed by atoms with Crippen molar-refractivity contribution >= 4 is 11.9 Å². The summed E-state index contributed by atoms with van der Waals surface area (Å²) in [6.07, 6.45) is 0. The van der Waals surface area contributed by atoms with E-state index in [1.165, 1.54) is 19.2 Å². The Hall–Kier alpha value is -3.53. The predicted octanol–water partition coefficient (Wildman–Crippen LogP) is 1.35. The number of carbonyl (C=O) groups is 1. The minimum absolute atomic E-state index is 0.147. The van der Waals surface area contributed by atoms with E-state index in [1.54, 1.807) is 24.3 Å². The highest BCUT2D eigenvalue weighted by atomic mass is 16.5. The van der Waals surface area contributed by atoms with Crippen LogP contribution < -0.4 is 16.2 Å². The molecule has 0 spiro atoms. The second-order valence-corrected chi connectivity index (χ2v) is 4.57. The van der Waals surface area contributed by atoms with E-state index in [9.17, 15) is 15.2 Å². The van der Waals surface area contributed by atoms with Crippen LogP contribution in [-0.4, -0.2) is 24.1 Å². The molecule has 2 aromatic rings. The van der Waals surface area contributed by atoms with Crippen molar-refractivity contribution in [3.05, 3.63) is 47.5 Å². The Morgan fingerprint density at radius 3 is 2.65 bits per heavy atom. The fourth-order valence-corrected chi connectivity index (χ4v) is 2.15. The number of hydrogen-bond acceptors (Lipinski definition) is 4. The minimum atomic E-state index is -0.836. The van der Waals surface area contributed by atoms with Crippen molar-refractivity contribution in [3.63, 3.8) is 0 Å². The molecular weight excluding hydrogens is 296 g/mol. The Bertz CT molecular complexity index is 834. The molecule has 7 nitrogen and oxygen atoms in total. The summed E-state index contributed by atoms with van der Waals surface area (Å²) in [5.74, 6) is -1.06. The molecular formula is C16H14N4O3. The summed E-state index contributed by atoms with van der Waals surface area (Å²) in [6, 6.07) is 11.4. The van der Waals surface area contributed by atoms with Gasteiger partial charge in [0.2, 0.25) is 0 Å². The molecule has 0 aliphatic rings. The second kappa shape index (κ2) is 6.49. The number of phenolic OH excluding ortho intramolecular Hbond substituents is 1. The third-order valence-electron chi connectivity index (χ3n) is 3.11. The number of benzene rings is 2. The number of guanidine groups is 1. The van der Waals surface area contributed by atoms with Crippen LogP contribution in [0.3, 0.4) is 0 Å². The molecule has 0 saturated heterocycles. The zero-order valence-corrected chi connectivity index (χ0v) is 12.3. The normalized spacial score (nSPS) is 9.74. The van der Waals surface area contributed by atoms with Gasteiger partial charge in [0.15, 0.2) is 5.96 Å². The lowest BCUT2D eigenvalue weighted by atomic mass is 9.93. The molecule has 5 N–H and O–H groups in total. The smallest absolute Gasteiger partial charge is 0.284 e. The summed E-state index contributed by atoms with van der Waals surface area (Å²) in [5.41, 5.74) is 11.3. The van der Waals surface area contributed by atoms with Crippen LogP contribution in [0.25, 0.3) is 11.1 Å². The first-order chi connectivity index (χ1) is 11.0.